The Kier molecular flexibility index (Phi) is 4.93. The molecule has 0 heterocycles. The smallest absolute Gasteiger partial charge is 0.105 e. The molecular weight excluding hydrogens is 438 g/mol. The molecule has 0 aromatic heterocycles. The maximum absolute atomic E-state index is 10.6. The topological polar surface area (TPSA) is 20.2 Å². The number of aliphatic hydroxyl groups excluding tert-OH is 1. The third-order valence-corrected chi connectivity index (χ3v) is 4.98. The van der Waals surface area contributed by atoms with Crippen LogP contribution in [0.25, 0.3) is 0 Å². The fourth-order valence-electron chi connectivity index (χ4n) is 1.99. The van der Waals surface area contributed by atoms with Gasteiger partial charge in [0.25, 0.3) is 0 Å². The van der Waals surface area contributed by atoms with Crippen molar-refractivity contribution < 1.29 is 5.11 Å². The van der Waals surface area contributed by atoms with Crippen molar-refractivity contribution in [3.8, 4) is 0 Å². The van der Waals surface area contributed by atoms with E-state index >= 15 is 0 Å². The van der Waals surface area contributed by atoms with E-state index in [0.717, 1.165) is 35.3 Å². The Bertz CT molecular complexity index is 628. The summed E-state index contributed by atoms with van der Waals surface area (Å²) in [6.45, 7) is 3.92. The second-order valence-corrected chi connectivity index (χ2v) is 7.01. The highest BCUT2D eigenvalue weighted by atomic mass is 127. The normalized spacial score (nSPS) is 12.5. The minimum Gasteiger partial charge on any atom is -0.384 e. The molecule has 100 valence electrons. The van der Waals surface area contributed by atoms with Crippen molar-refractivity contribution in [2.24, 2.45) is 0 Å². The maximum atomic E-state index is 10.6. The molecule has 0 spiro atoms. The van der Waals surface area contributed by atoms with Gasteiger partial charge in [0.05, 0.1) is 0 Å². The summed E-state index contributed by atoms with van der Waals surface area (Å²) in [5.74, 6) is 0. The van der Waals surface area contributed by atoms with Crippen LogP contribution in [0.3, 0.4) is 0 Å². The van der Waals surface area contributed by atoms with Crippen LogP contribution in [0.4, 0.5) is 0 Å². The van der Waals surface area contributed by atoms with E-state index in [1.165, 1.54) is 0 Å². The van der Waals surface area contributed by atoms with Crippen molar-refractivity contribution in [1.29, 1.82) is 0 Å². The molecule has 2 aromatic rings. The third-order valence-electron chi connectivity index (χ3n) is 3.09. The SMILES string of the molecule is Cc1cc(C(O)c2cc(Br)ccc2I)c(C)cc1Cl. The molecule has 4 heteroatoms. The van der Waals surface area contributed by atoms with Crippen molar-refractivity contribution >= 4 is 50.1 Å². The number of halogens is 3. The molecule has 1 N–H and O–H groups in total. The van der Waals surface area contributed by atoms with E-state index in [9.17, 15) is 5.11 Å². The van der Waals surface area contributed by atoms with Crippen LogP contribution in [0.2, 0.25) is 5.02 Å². The number of aryl methyl sites for hydroxylation is 2. The Morgan fingerprint density at radius 2 is 1.79 bits per heavy atom. The molecule has 19 heavy (non-hydrogen) atoms. The molecule has 0 bridgehead atoms. The van der Waals surface area contributed by atoms with Gasteiger partial charge in [0.15, 0.2) is 0 Å². The Morgan fingerprint density at radius 1 is 1.11 bits per heavy atom. The van der Waals surface area contributed by atoms with Gasteiger partial charge < -0.3 is 5.11 Å². The molecule has 0 aliphatic carbocycles. The molecule has 0 amide bonds. The van der Waals surface area contributed by atoms with Gasteiger partial charge in [-0.3, -0.25) is 0 Å². The zero-order chi connectivity index (χ0) is 14.2. The number of benzene rings is 2. The van der Waals surface area contributed by atoms with E-state index < -0.39 is 6.10 Å². The molecule has 0 aliphatic rings. The molecule has 2 aromatic carbocycles. The standard InChI is InChI=1S/C15H13BrClIO/c1-8-6-13(17)9(2)5-11(8)15(19)12-7-10(16)3-4-14(12)18/h3-7,15,19H,1-2H3. The number of aliphatic hydroxyl groups is 1. The Morgan fingerprint density at radius 3 is 2.47 bits per heavy atom. The van der Waals surface area contributed by atoms with E-state index in [1.54, 1.807) is 0 Å². The van der Waals surface area contributed by atoms with Crippen molar-refractivity contribution in [2.75, 3.05) is 0 Å². The summed E-state index contributed by atoms with van der Waals surface area (Å²) in [7, 11) is 0. The molecule has 0 saturated heterocycles. The minimum atomic E-state index is -0.639. The summed E-state index contributed by atoms with van der Waals surface area (Å²) in [4.78, 5) is 0. The molecule has 1 unspecified atom stereocenters. The van der Waals surface area contributed by atoms with Gasteiger partial charge in [0.1, 0.15) is 6.10 Å². The average molecular weight is 452 g/mol. The Labute approximate surface area is 140 Å². The van der Waals surface area contributed by atoms with Gasteiger partial charge in [-0.1, -0.05) is 33.6 Å². The monoisotopic (exact) mass is 450 g/mol. The van der Waals surface area contributed by atoms with Gasteiger partial charge in [-0.05, 0) is 83.0 Å². The van der Waals surface area contributed by atoms with Gasteiger partial charge in [0.2, 0.25) is 0 Å². The van der Waals surface area contributed by atoms with Crippen LogP contribution in [0.15, 0.2) is 34.8 Å². The average Bonchev–Trinajstić information content (AvgIpc) is 2.36. The highest BCUT2D eigenvalue weighted by Gasteiger charge is 2.17. The van der Waals surface area contributed by atoms with E-state index in [-0.39, 0.29) is 0 Å². The second-order valence-electron chi connectivity index (χ2n) is 4.53. The summed E-state index contributed by atoms with van der Waals surface area (Å²) < 4.78 is 2.01. The summed E-state index contributed by atoms with van der Waals surface area (Å²) in [6.07, 6.45) is -0.639. The van der Waals surface area contributed by atoms with E-state index in [4.69, 9.17) is 11.6 Å². The lowest BCUT2D eigenvalue weighted by atomic mass is 9.96. The van der Waals surface area contributed by atoms with Crippen LogP contribution < -0.4 is 0 Å². The lowest BCUT2D eigenvalue weighted by Gasteiger charge is -2.17. The predicted octanol–water partition coefficient (Wildman–Crippen LogP) is 5.41. The molecule has 2 rings (SSSR count). The van der Waals surface area contributed by atoms with Crippen LogP contribution >= 0.6 is 50.1 Å². The largest absolute Gasteiger partial charge is 0.384 e. The highest BCUT2D eigenvalue weighted by Crippen LogP contribution is 2.32. The van der Waals surface area contributed by atoms with Crippen LogP contribution in [-0.4, -0.2) is 5.11 Å². The maximum Gasteiger partial charge on any atom is 0.105 e. The molecule has 0 radical (unpaired) electrons. The van der Waals surface area contributed by atoms with E-state index in [2.05, 4.69) is 38.5 Å². The van der Waals surface area contributed by atoms with E-state index in [1.807, 2.05) is 44.2 Å². The first-order valence-electron chi connectivity index (χ1n) is 5.80. The zero-order valence-electron chi connectivity index (χ0n) is 10.5. The summed E-state index contributed by atoms with van der Waals surface area (Å²) >= 11 is 11.8. The molecule has 1 atom stereocenters. The van der Waals surface area contributed by atoms with Crippen molar-refractivity contribution in [1.82, 2.24) is 0 Å². The third kappa shape index (κ3) is 3.32. The molecular formula is C15H13BrClIO. The number of rotatable bonds is 2. The van der Waals surface area contributed by atoms with E-state index in [0.29, 0.717) is 0 Å². The fraction of sp³-hybridized carbons (Fsp3) is 0.200. The Hall–Kier alpha value is -0.100. The van der Waals surface area contributed by atoms with Gasteiger partial charge in [-0.2, -0.15) is 0 Å². The quantitative estimate of drug-likeness (QED) is 0.606. The first kappa shape index (κ1) is 15.3. The van der Waals surface area contributed by atoms with Crippen LogP contribution in [0, 0.1) is 17.4 Å². The summed E-state index contributed by atoms with van der Waals surface area (Å²) in [6, 6.07) is 9.77. The van der Waals surface area contributed by atoms with Crippen molar-refractivity contribution in [2.45, 2.75) is 20.0 Å². The molecule has 0 saturated carbocycles. The minimum absolute atomic E-state index is 0.639. The van der Waals surface area contributed by atoms with Crippen molar-refractivity contribution in [3.63, 3.8) is 0 Å². The Balaban J connectivity index is 2.52. The summed E-state index contributed by atoms with van der Waals surface area (Å²) in [5, 5.41) is 11.4. The van der Waals surface area contributed by atoms with Gasteiger partial charge in [-0.25, -0.2) is 0 Å². The lowest BCUT2D eigenvalue weighted by Crippen LogP contribution is -2.05. The molecule has 1 nitrogen and oxygen atoms in total. The summed E-state index contributed by atoms with van der Waals surface area (Å²) in [5.41, 5.74) is 3.78. The van der Waals surface area contributed by atoms with Gasteiger partial charge in [-0.15, -0.1) is 0 Å². The second kappa shape index (κ2) is 6.12. The fourth-order valence-corrected chi connectivity index (χ4v) is 3.22. The van der Waals surface area contributed by atoms with Gasteiger partial charge >= 0.3 is 0 Å². The first-order chi connectivity index (χ1) is 8.90. The predicted molar refractivity (Wildman–Crippen MR) is 91.8 cm³/mol. The number of hydrogen-bond donors (Lipinski definition) is 1. The van der Waals surface area contributed by atoms with Gasteiger partial charge in [0, 0.05) is 13.1 Å². The zero-order valence-corrected chi connectivity index (χ0v) is 15.0. The lowest BCUT2D eigenvalue weighted by molar-refractivity contribution is 0.218. The van der Waals surface area contributed by atoms with Crippen LogP contribution in [-0.2, 0) is 0 Å². The number of hydrogen-bond acceptors (Lipinski definition) is 1. The van der Waals surface area contributed by atoms with Crippen LogP contribution in [0.5, 0.6) is 0 Å². The van der Waals surface area contributed by atoms with Crippen molar-refractivity contribution in [3.05, 3.63) is 65.7 Å². The molecule has 0 fully saturated rings. The van der Waals surface area contributed by atoms with Crippen LogP contribution in [0.1, 0.15) is 28.4 Å². The highest BCUT2D eigenvalue weighted by molar-refractivity contribution is 14.1. The first-order valence-corrected chi connectivity index (χ1v) is 8.04. The molecule has 0 aliphatic heterocycles.